The second kappa shape index (κ2) is 8.88. The van der Waals surface area contributed by atoms with Crippen LogP contribution in [0.5, 0.6) is 17.2 Å². The number of ether oxygens (including phenoxy) is 3. The van der Waals surface area contributed by atoms with Gasteiger partial charge in [0.15, 0.2) is 18.2 Å². The maximum absolute atomic E-state index is 12.0. The minimum atomic E-state index is -0.440. The maximum Gasteiger partial charge on any atom is 0.321 e. The number of urea groups is 1. The average molecular weight is 351 g/mol. The molecule has 7 heteroatoms. The van der Waals surface area contributed by atoms with E-state index in [9.17, 15) is 4.79 Å². The molecule has 0 atom stereocenters. The minimum absolute atomic E-state index is 0.0151. The smallest absolute Gasteiger partial charge is 0.321 e. The van der Waals surface area contributed by atoms with E-state index in [0.717, 1.165) is 0 Å². The summed E-state index contributed by atoms with van der Waals surface area (Å²) in [5.41, 5.74) is 0.470. The molecule has 0 aliphatic carbocycles. The third-order valence-electron chi connectivity index (χ3n) is 3.02. The number of para-hydroxylation sites is 2. The molecule has 0 fully saturated rings. The van der Waals surface area contributed by atoms with Gasteiger partial charge in [0.2, 0.25) is 0 Å². The van der Waals surface area contributed by atoms with Crippen molar-refractivity contribution in [2.45, 2.75) is 6.92 Å². The monoisotopic (exact) mass is 350 g/mol. The van der Waals surface area contributed by atoms with Crippen molar-refractivity contribution in [1.82, 2.24) is 5.32 Å². The van der Waals surface area contributed by atoms with Crippen LogP contribution in [0.2, 0.25) is 5.02 Å². The van der Waals surface area contributed by atoms with Gasteiger partial charge in [0, 0.05) is 5.02 Å². The Morgan fingerprint density at radius 2 is 1.79 bits per heavy atom. The van der Waals surface area contributed by atoms with Crippen molar-refractivity contribution in [3.63, 3.8) is 0 Å². The highest BCUT2D eigenvalue weighted by molar-refractivity contribution is 6.31. The van der Waals surface area contributed by atoms with E-state index >= 15 is 0 Å². The molecule has 128 valence electrons. The van der Waals surface area contributed by atoms with E-state index in [1.165, 1.54) is 7.11 Å². The van der Waals surface area contributed by atoms with Gasteiger partial charge in [-0.3, -0.25) is 0 Å². The standard InChI is InChI=1S/C17H19ClN2O4/c1-3-23-15-6-4-5-7-16(15)24-11-19-17(21)20-13-10-12(18)8-9-14(13)22-2/h4-10H,3,11H2,1-2H3,(H2,19,20,21). The van der Waals surface area contributed by atoms with E-state index in [4.69, 9.17) is 25.8 Å². The second-order valence-electron chi connectivity index (χ2n) is 4.64. The van der Waals surface area contributed by atoms with Crippen LogP contribution < -0.4 is 24.8 Å². The van der Waals surface area contributed by atoms with Gasteiger partial charge in [-0.15, -0.1) is 0 Å². The predicted octanol–water partition coefficient (Wildman–Crippen LogP) is 3.91. The molecular formula is C17H19ClN2O4. The average Bonchev–Trinajstić information content (AvgIpc) is 2.57. The number of hydrogen-bond acceptors (Lipinski definition) is 4. The van der Waals surface area contributed by atoms with E-state index in [0.29, 0.717) is 34.6 Å². The van der Waals surface area contributed by atoms with Crippen molar-refractivity contribution in [2.75, 3.05) is 25.8 Å². The number of amides is 2. The highest BCUT2D eigenvalue weighted by Gasteiger charge is 2.09. The van der Waals surface area contributed by atoms with Crippen molar-refractivity contribution in [3.05, 3.63) is 47.5 Å². The van der Waals surface area contributed by atoms with Crippen molar-refractivity contribution >= 4 is 23.3 Å². The predicted molar refractivity (Wildman–Crippen MR) is 93.3 cm³/mol. The summed E-state index contributed by atoms with van der Waals surface area (Å²) in [4.78, 5) is 12.0. The van der Waals surface area contributed by atoms with Crippen LogP contribution in [-0.4, -0.2) is 26.5 Å². The first kappa shape index (κ1) is 17.7. The van der Waals surface area contributed by atoms with Gasteiger partial charge >= 0.3 is 6.03 Å². The Hall–Kier alpha value is -2.60. The SMILES string of the molecule is CCOc1ccccc1OCNC(=O)Nc1cc(Cl)ccc1OC. The number of carbonyl (C=O) groups is 1. The highest BCUT2D eigenvalue weighted by Crippen LogP contribution is 2.28. The van der Waals surface area contributed by atoms with Crippen molar-refractivity contribution < 1.29 is 19.0 Å². The summed E-state index contributed by atoms with van der Waals surface area (Å²) in [5, 5.41) is 5.74. The van der Waals surface area contributed by atoms with Crippen molar-refractivity contribution in [1.29, 1.82) is 0 Å². The van der Waals surface area contributed by atoms with Gasteiger partial charge in [-0.1, -0.05) is 23.7 Å². The molecule has 0 aliphatic rings. The fourth-order valence-corrected chi connectivity index (χ4v) is 2.14. The van der Waals surface area contributed by atoms with E-state index in [1.54, 1.807) is 30.3 Å². The zero-order chi connectivity index (χ0) is 17.4. The molecule has 0 heterocycles. The van der Waals surface area contributed by atoms with Crippen LogP contribution in [0.3, 0.4) is 0 Å². The van der Waals surface area contributed by atoms with Gasteiger partial charge in [-0.2, -0.15) is 0 Å². The number of anilines is 1. The number of halogens is 1. The molecule has 2 aromatic carbocycles. The number of hydrogen-bond donors (Lipinski definition) is 2. The number of methoxy groups -OCH3 is 1. The molecule has 2 rings (SSSR count). The highest BCUT2D eigenvalue weighted by atomic mass is 35.5. The number of carbonyl (C=O) groups excluding carboxylic acids is 1. The molecule has 2 amide bonds. The van der Waals surface area contributed by atoms with Gasteiger partial charge in [-0.05, 0) is 37.3 Å². The van der Waals surface area contributed by atoms with Crippen LogP contribution in [0.1, 0.15) is 6.92 Å². The maximum atomic E-state index is 12.0. The molecule has 0 aromatic heterocycles. The lowest BCUT2D eigenvalue weighted by molar-refractivity contribution is 0.229. The molecule has 0 bridgehead atoms. The molecule has 6 nitrogen and oxygen atoms in total. The molecular weight excluding hydrogens is 332 g/mol. The van der Waals surface area contributed by atoms with Gasteiger partial charge in [0.25, 0.3) is 0 Å². The summed E-state index contributed by atoms with van der Waals surface area (Å²) < 4.78 is 16.1. The summed E-state index contributed by atoms with van der Waals surface area (Å²) in [6.45, 7) is 2.41. The Labute approximate surface area is 145 Å². The Morgan fingerprint density at radius 3 is 2.46 bits per heavy atom. The summed E-state index contributed by atoms with van der Waals surface area (Å²) >= 11 is 5.92. The van der Waals surface area contributed by atoms with Gasteiger partial charge in [0.05, 0.1) is 19.4 Å². The lowest BCUT2D eigenvalue weighted by atomic mass is 10.3. The molecule has 0 saturated heterocycles. The zero-order valence-electron chi connectivity index (χ0n) is 13.5. The minimum Gasteiger partial charge on any atom is -0.495 e. The lowest BCUT2D eigenvalue weighted by Crippen LogP contribution is -2.32. The van der Waals surface area contributed by atoms with Crippen LogP contribution in [0.15, 0.2) is 42.5 Å². The Bertz CT molecular complexity index is 694. The molecule has 0 radical (unpaired) electrons. The Kier molecular flexibility index (Phi) is 6.57. The Balaban J connectivity index is 1.89. The summed E-state index contributed by atoms with van der Waals surface area (Å²) in [6.07, 6.45) is 0. The van der Waals surface area contributed by atoms with Crippen LogP contribution in [0.4, 0.5) is 10.5 Å². The van der Waals surface area contributed by atoms with Crippen LogP contribution in [0, 0.1) is 0 Å². The lowest BCUT2D eigenvalue weighted by Gasteiger charge is -2.13. The molecule has 0 aliphatic heterocycles. The first-order valence-electron chi connectivity index (χ1n) is 7.37. The van der Waals surface area contributed by atoms with Gasteiger partial charge in [0.1, 0.15) is 5.75 Å². The van der Waals surface area contributed by atoms with Crippen LogP contribution in [0.25, 0.3) is 0 Å². The third kappa shape index (κ3) is 4.96. The first-order valence-corrected chi connectivity index (χ1v) is 7.75. The van der Waals surface area contributed by atoms with E-state index in [1.807, 2.05) is 19.1 Å². The van der Waals surface area contributed by atoms with Gasteiger partial charge in [-0.25, -0.2) is 4.79 Å². The van der Waals surface area contributed by atoms with Crippen LogP contribution >= 0.6 is 11.6 Å². The molecule has 24 heavy (non-hydrogen) atoms. The fraction of sp³-hybridized carbons (Fsp3) is 0.235. The summed E-state index contributed by atoms with van der Waals surface area (Å²) in [6, 6.07) is 11.8. The largest absolute Gasteiger partial charge is 0.495 e. The Morgan fingerprint density at radius 1 is 1.08 bits per heavy atom. The first-order chi connectivity index (χ1) is 11.6. The number of benzene rings is 2. The summed E-state index contributed by atoms with van der Waals surface area (Å²) in [5.74, 6) is 1.69. The summed E-state index contributed by atoms with van der Waals surface area (Å²) in [7, 11) is 1.51. The third-order valence-corrected chi connectivity index (χ3v) is 3.25. The quantitative estimate of drug-likeness (QED) is 0.743. The second-order valence-corrected chi connectivity index (χ2v) is 5.08. The number of rotatable bonds is 7. The topological polar surface area (TPSA) is 68.8 Å². The van der Waals surface area contributed by atoms with E-state index < -0.39 is 6.03 Å². The fourth-order valence-electron chi connectivity index (χ4n) is 1.97. The van der Waals surface area contributed by atoms with Crippen LogP contribution in [-0.2, 0) is 0 Å². The van der Waals surface area contributed by atoms with Crippen molar-refractivity contribution in [2.24, 2.45) is 0 Å². The zero-order valence-corrected chi connectivity index (χ0v) is 14.2. The molecule has 0 spiro atoms. The molecule has 2 N–H and O–H groups in total. The van der Waals surface area contributed by atoms with Gasteiger partial charge < -0.3 is 24.8 Å². The molecule has 0 saturated carbocycles. The van der Waals surface area contributed by atoms with E-state index in [-0.39, 0.29) is 6.73 Å². The molecule has 0 unspecified atom stereocenters. The normalized spacial score (nSPS) is 9.96. The number of nitrogens with one attached hydrogen (secondary N) is 2. The van der Waals surface area contributed by atoms with Crippen molar-refractivity contribution in [3.8, 4) is 17.2 Å². The molecule has 2 aromatic rings. The van der Waals surface area contributed by atoms with E-state index in [2.05, 4.69) is 10.6 Å².